The van der Waals surface area contributed by atoms with Crippen LogP contribution >= 0.6 is 0 Å². The second-order valence-corrected chi connectivity index (χ2v) is 3.40. The maximum Gasteiger partial charge on any atom is 0.338 e. The first-order valence-electron chi connectivity index (χ1n) is 3.34. The molecule has 4 heteroatoms. The summed E-state index contributed by atoms with van der Waals surface area (Å²) in [5.74, 6) is 0.299. The number of nitrogens with zero attached hydrogens (tertiary/aromatic N) is 1. The minimum Gasteiger partial charge on any atom is -0.328 e. The van der Waals surface area contributed by atoms with Crippen molar-refractivity contribution in [2.45, 2.75) is 0 Å². The molecule has 0 atom stereocenters. The molecule has 0 fully saturated rings. The fourth-order valence-electron chi connectivity index (χ4n) is 0.536. The van der Waals surface area contributed by atoms with Crippen LogP contribution in [0.4, 0.5) is 0 Å². The van der Waals surface area contributed by atoms with Crippen molar-refractivity contribution in [2.75, 3.05) is 34.2 Å². The van der Waals surface area contributed by atoms with Crippen LogP contribution in [-0.2, 0) is 0 Å². The highest BCUT2D eigenvalue weighted by Crippen LogP contribution is 1.83. The molecule has 0 rings (SSSR count). The Kier molecular flexibility index (Phi) is 3.15. The average Bonchev–Trinajstić information content (AvgIpc) is 1.59. The van der Waals surface area contributed by atoms with Crippen molar-refractivity contribution < 1.29 is 9.48 Å². The van der Waals surface area contributed by atoms with Crippen LogP contribution in [0.3, 0.4) is 0 Å². The second-order valence-electron chi connectivity index (χ2n) is 3.40. The van der Waals surface area contributed by atoms with Crippen LogP contribution in [0.5, 0.6) is 0 Å². The summed E-state index contributed by atoms with van der Waals surface area (Å²) in [5, 5.41) is 0. The monoisotopic (exact) mass is 146 g/mol. The molecule has 0 aliphatic heterocycles. The van der Waals surface area contributed by atoms with Crippen LogP contribution in [0.15, 0.2) is 0 Å². The second kappa shape index (κ2) is 3.41. The van der Waals surface area contributed by atoms with Crippen LogP contribution in [0.25, 0.3) is 0 Å². The van der Waals surface area contributed by atoms with Gasteiger partial charge in [-0.1, -0.05) is 0 Å². The molecule has 60 valence electrons. The molecule has 0 aliphatic rings. The Morgan fingerprint density at radius 3 is 2.10 bits per heavy atom. The first-order chi connectivity index (χ1) is 4.42. The fraction of sp³-hybridized carbons (Fsp3) is 0.833. The molecule has 0 bridgehead atoms. The third kappa shape index (κ3) is 7.23. The Balaban J connectivity index is 3.47. The minimum atomic E-state index is 0.299. The van der Waals surface area contributed by atoms with Gasteiger partial charge in [0.2, 0.25) is 0 Å². The van der Waals surface area contributed by atoms with E-state index in [2.05, 4.69) is 26.1 Å². The van der Waals surface area contributed by atoms with Crippen LogP contribution < -0.4 is 16.5 Å². The van der Waals surface area contributed by atoms with E-state index in [9.17, 15) is 0 Å². The van der Waals surface area contributed by atoms with Gasteiger partial charge in [-0.05, 0) is 0 Å². The molecule has 0 amide bonds. The zero-order chi connectivity index (χ0) is 8.20. The highest BCUT2D eigenvalue weighted by atomic mass is 15.3. The number of nitrogens with two attached hydrogens (primary N) is 2. The van der Waals surface area contributed by atoms with E-state index in [0.29, 0.717) is 5.96 Å². The van der Waals surface area contributed by atoms with Crippen molar-refractivity contribution in [1.29, 1.82) is 0 Å². The molecule has 0 aliphatic carbocycles. The third-order valence-corrected chi connectivity index (χ3v) is 1.11. The summed E-state index contributed by atoms with van der Waals surface area (Å²) in [5.41, 5.74) is 10.4. The standard InChI is InChI=1S/C6H17N4/c1-10(2,3)5-4-9-6(7)8/h4-5H2,1-3H3,(H4,7,8,9)/q+1/p+1. The fourth-order valence-corrected chi connectivity index (χ4v) is 0.536. The van der Waals surface area contributed by atoms with Crippen molar-refractivity contribution >= 4 is 5.96 Å². The van der Waals surface area contributed by atoms with E-state index in [1.54, 1.807) is 0 Å². The Labute approximate surface area is 62.1 Å². The Morgan fingerprint density at radius 1 is 1.30 bits per heavy atom. The van der Waals surface area contributed by atoms with Crippen LogP contribution in [0, 0.1) is 0 Å². The van der Waals surface area contributed by atoms with Gasteiger partial charge in [-0.3, -0.25) is 16.5 Å². The highest BCUT2D eigenvalue weighted by Gasteiger charge is 2.04. The number of hydrogen-bond donors (Lipinski definition) is 3. The van der Waals surface area contributed by atoms with Crippen molar-refractivity contribution in [1.82, 2.24) is 0 Å². The van der Waals surface area contributed by atoms with Gasteiger partial charge in [-0.15, -0.1) is 0 Å². The van der Waals surface area contributed by atoms with Gasteiger partial charge in [-0.25, -0.2) is 0 Å². The molecule has 0 heterocycles. The van der Waals surface area contributed by atoms with Crippen molar-refractivity contribution in [3.05, 3.63) is 0 Å². The first kappa shape index (κ1) is 9.23. The summed E-state index contributed by atoms with van der Waals surface area (Å²) in [6.45, 7) is 1.84. The molecule has 0 spiro atoms. The normalized spacial score (nSPS) is 11.1. The quantitative estimate of drug-likeness (QED) is 0.226. The molecule has 4 nitrogen and oxygen atoms in total. The van der Waals surface area contributed by atoms with Gasteiger partial charge in [0.25, 0.3) is 0 Å². The predicted molar refractivity (Wildman–Crippen MR) is 42.1 cm³/mol. The van der Waals surface area contributed by atoms with Gasteiger partial charge in [0.1, 0.15) is 13.1 Å². The molecule has 0 radical (unpaired) electrons. The summed E-state index contributed by atoms with van der Waals surface area (Å²) in [4.78, 5) is 2.86. The largest absolute Gasteiger partial charge is 0.338 e. The van der Waals surface area contributed by atoms with Gasteiger partial charge in [0.05, 0.1) is 21.1 Å². The maximum atomic E-state index is 5.20. The molecule has 0 aromatic heterocycles. The van der Waals surface area contributed by atoms with Gasteiger partial charge in [0, 0.05) is 0 Å². The molecule has 0 saturated heterocycles. The molecule has 0 aromatic rings. The zero-order valence-corrected chi connectivity index (χ0v) is 7.02. The number of nitrogens with one attached hydrogen (secondary N) is 1. The van der Waals surface area contributed by atoms with E-state index in [4.69, 9.17) is 11.5 Å². The molecule has 0 aromatic carbocycles. The number of guanidine groups is 1. The Bertz CT molecular complexity index is 118. The van der Waals surface area contributed by atoms with Crippen LogP contribution in [0.1, 0.15) is 0 Å². The molecular weight excluding hydrogens is 128 g/mol. The summed E-state index contributed by atoms with van der Waals surface area (Å²) >= 11 is 0. The summed E-state index contributed by atoms with van der Waals surface area (Å²) < 4.78 is 0.917. The van der Waals surface area contributed by atoms with Gasteiger partial charge in [0.15, 0.2) is 0 Å². The van der Waals surface area contributed by atoms with Crippen LogP contribution in [0.2, 0.25) is 0 Å². The van der Waals surface area contributed by atoms with Gasteiger partial charge >= 0.3 is 5.96 Å². The lowest BCUT2D eigenvalue weighted by Gasteiger charge is -2.21. The smallest absolute Gasteiger partial charge is 0.328 e. The van der Waals surface area contributed by atoms with Gasteiger partial charge < -0.3 is 4.48 Å². The molecule has 5 N–H and O–H groups in total. The van der Waals surface area contributed by atoms with E-state index in [-0.39, 0.29) is 0 Å². The minimum absolute atomic E-state index is 0.299. The highest BCUT2D eigenvalue weighted by molar-refractivity contribution is 5.69. The molecular formula is C6H18N4+2. The maximum absolute atomic E-state index is 5.20. The Hall–Kier alpha value is -0.770. The van der Waals surface area contributed by atoms with Gasteiger partial charge in [-0.2, -0.15) is 0 Å². The van der Waals surface area contributed by atoms with Crippen LogP contribution in [-0.4, -0.2) is 44.7 Å². The first-order valence-corrected chi connectivity index (χ1v) is 3.34. The topological polar surface area (TPSA) is 66.0 Å². The number of rotatable bonds is 3. The van der Waals surface area contributed by atoms with Crippen molar-refractivity contribution in [2.24, 2.45) is 11.5 Å². The van der Waals surface area contributed by atoms with E-state index in [1.807, 2.05) is 0 Å². The molecule has 0 unspecified atom stereocenters. The zero-order valence-electron chi connectivity index (χ0n) is 7.02. The summed E-state index contributed by atoms with van der Waals surface area (Å²) in [6, 6.07) is 0. The summed E-state index contributed by atoms with van der Waals surface area (Å²) in [7, 11) is 6.36. The van der Waals surface area contributed by atoms with Crippen molar-refractivity contribution in [3.63, 3.8) is 0 Å². The molecule has 0 saturated carbocycles. The molecule has 10 heavy (non-hydrogen) atoms. The third-order valence-electron chi connectivity index (χ3n) is 1.11. The average molecular weight is 146 g/mol. The number of likely N-dealkylation sites (N-methyl/N-ethyl adjacent to an activating group) is 1. The number of quaternary nitrogens is 1. The SMILES string of the molecule is C[N+](C)(C)CC[NH+]=C(N)N. The summed E-state index contributed by atoms with van der Waals surface area (Å²) in [6.07, 6.45) is 0. The van der Waals surface area contributed by atoms with Crippen molar-refractivity contribution in [3.8, 4) is 0 Å². The van der Waals surface area contributed by atoms with E-state index < -0.39 is 0 Å². The van der Waals surface area contributed by atoms with E-state index in [0.717, 1.165) is 17.6 Å². The lowest BCUT2D eigenvalue weighted by molar-refractivity contribution is -0.877. The van der Waals surface area contributed by atoms with E-state index in [1.165, 1.54) is 0 Å². The number of hydrogen-bond acceptors (Lipinski definition) is 0. The van der Waals surface area contributed by atoms with E-state index >= 15 is 0 Å². The Morgan fingerprint density at radius 2 is 1.80 bits per heavy atom. The predicted octanol–water partition coefficient (Wildman–Crippen LogP) is -2.95. The lowest BCUT2D eigenvalue weighted by Crippen LogP contribution is -2.80. The lowest BCUT2D eigenvalue weighted by atomic mass is 10.5.